The fourth-order valence-corrected chi connectivity index (χ4v) is 3.21. The molecule has 0 saturated carbocycles. The topological polar surface area (TPSA) is 98.3 Å². The standard InChI is InChI=1S/C19H20N4O3S/c1-14(15-8-10-18(11-9-15)27(20,25)26)22(2)19(24)16-12-21-23(13-16)17-6-4-3-5-7-17/h3-14H,1-2H3,(H2,20,25,26). The average molecular weight is 384 g/mol. The van der Waals surface area contributed by atoms with Crippen molar-refractivity contribution in [1.82, 2.24) is 14.7 Å². The molecule has 0 radical (unpaired) electrons. The van der Waals surface area contributed by atoms with Crippen LogP contribution in [0.25, 0.3) is 5.69 Å². The van der Waals surface area contributed by atoms with Crippen LogP contribution in [-0.4, -0.2) is 36.1 Å². The number of para-hydroxylation sites is 1. The van der Waals surface area contributed by atoms with Crippen LogP contribution in [0.1, 0.15) is 28.9 Å². The van der Waals surface area contributed by atoms with Crippen molar-refractivity contribution < 1.29 is 13.2 Å². The Kier molecular flexibility index (Phi) is 5.11. The maximum Gasteiger partial charge on any atom is 0.257 e. The summed E-state index contributed by atoms with van der Waals surface area (Å²) < 4.78 is 24.4. The minimum Gasteiger partial charge on any atom is -0.335 e. The molecule has 27 heavy (non-hydrogen) atoms. The van der Waals surface area contributed by atoms with Crippen molar-refractivity contribution in [3.8, 4) is 5.69 Å². The highest BCUT2D eigenvalue weighted by Crippen LogP contribution is 2.22. The molecule has 1 atom stereocenters. The van der Waals surface area contributed by atoms with E-state index >= 15 is 0 Å². The van der Waals surface area contributed by atoms with Crippen LogP contribution in [0.5, 0.6) is 0 Å². The molecule has 3 aromatic rings. The van der Waals surface area contributed by atoms with E-state index in [0.717, 1.165) is 11.3 Å². The molecule has 0 spiro atoms. The molecule has 3 rings (SSSR count). The first kappa shape index (κ1) is 18.8. The third-order valence-electron chi connectivity index (χ3n) is 4.44. The van der Waals surface area contributed by atoms with E-state index < -0.39 is 10.0 Å². The molecule has 0 saturated heterocycles. The summed E-state index contributed by atoms with van der Waals surface area (Å²) in [6, 6.07) is 15.4. The third-order valence-corrected chi connectivity index (χ3v) is 5.37. The molecule has 2 N–H and O–H groups in total. The molecule has 0 bridgehead atoms. The van der Waals surface area contributed by atoms with Gasteiger partial charge in [-0.25, -0.2) is 18.2 Å². The van der Waals surface area contributed by atoms with Crippen LogP contribution >= 0.6 is 0 Å². The van der Waals surface area contributed by atoms with E-state index in [-0.39, 0.29) is 16.8 Å². The molecule has 0 fully saturated rings. The highest BCUT2D eigenvalue weighted by atomic mass is 32.2. The molecule has 0 aliphatic carbocycles. The molecule has 1 amide bonds. The van der Waals surface area contributed by atoms with Crippen LogP contribution in [0.15, 0.2) is 71.9 Å². The number of carbonyl (C=O) groups is 1. The summed E-state index contributed by atoms with van der Waals surface area (Å²) in [6.07, 6.45) is 3.22. The summed E-state index contributed by atoms with van der Waals surface area (Å²) in [5.41, 5.74) is 2.13. The summed E-state index contributed by atoms with van der Waals surface area (Å²) in [7, 11) is -2.05. The zero-order valence-electron chi connectivity index (χ0n) is 15.0. The number of carbonyl (C=O) groups excluding carboxylic acids is 1. The van der Waals surface area contributed by atoms with Crippen LogP contribution in [0.2, 0.25) is 0 Å². The zero-order valence-corrected chi connectivity index (χ0v) is 15.8. The Morgan fingerprint density at radius 1 is 1.11 bits per heavy atom. The Labute approximate surface area is 158 Å². The van der Waals surface area contributed by atoms with Gasteiger partial charge in [-0.15, -0.1) is 0 Å². The molecule has 1 unspecified atom stereocenters. The Morgan fingerprint density at radius 3 is 2.33 bits per heavy atom. The number of hydrogen-bond acceptors (Lipinski definition) is 4. The minimum atomic E-state index is -3.74. The quantitative estimate of drug-likeness (QED) is 0.730. The first-order chi connectivity index (χ1) is 12.8. The largest absolute Gasteiger partial charge is 0.335 e. The second-order valence-corrected chi connectivity index (χ2v) is 7.78. The predicted molar refractivity (Wildman–Crippen MR) is 102 cm³/mol. The first-order valence-corrected chi connectivity index (χ1v) is 9.82. The maximum atomic E-state index is 12.8. The predicted octanol–water partition coefficient (Wildman–Crippen LogP) is 2.35. The van der Waals surface area contributed by atoms with E-state index in [1.54, 1.807) is 35.0 Å². The van der Waals surface area contributed by atoms with E-state index in [4.69, 9.17) is 5.14 Å². The van der Waals surface area contributed by atoms with Gasteiger partial charge in [-0.05, 0) is 36.8 Å². The lowest BCUT2D eigenvalue weighted by Gasteiger charge is -2.25. The SMILES string of the molecule is CC(c1ccc(S(N)(=O)=O)cc1)N(C)C(=O)c1cnn(-c2ccccc2)c1. The van der Waals surface area contributed by atoms with Gasteiger partial charge in [-0.1, -0.05) is 30.3 Å². The first-order valence-electron chi connectivity index (χ1n) is 8.27. The van der Waals surface area contributed by atoms with Gasteiger partial charge >= 0.3 is 0 Å². The molecular weight excluding hydrogens is 364 g/mol. The Hall–Kier alpha value is -2.97. The van der Waals surface area contributed by atoms with Gasteiger partial charge in [0.2, 0.25) is 10.0 Å². The summed E-state index contributed by atoms with van der Waals surface area (Å²) in [5.74, 6) is -0.180. The van der Waals surface area contributed by atoms with Crippen molar-refractivity contribution in [2.45, 2.75) is 17.9 Å². The normalized spacial score (nSPS) is 12.6. The molecule has 8 heteroatoms. The number of sulfonamides is 1. The van der Waals surface area contributed by atoms with Gasteiger partial charge in [-0.3, -0.25) is 4.79 Å². The van der Waals surface area contributed by atoms with Gasteiger partial charge in [0.1, 0.15) is 0 Å². The van der Waals surface area contributed by atoms with E-state index in [1.807, 2.05) is 37.3 Å². The van der Waals surface area contributed by atoms with E-state index in [1.165, 1.54) is 18.3 Å². The lowest BCUT2D eigenvalue weighted by molar-refractivity contribution is 0.0742. The van der Waals surface area contributed by atoms with Gasteiger partial charge < -0.3 is 4.90 Å². The highest BCUT2D eigenvalue weighted by Gasteiger charge is 2.21. The van der Waals surface area contributed by atoms with Gasteiger partial charge in [-0.2, -0.15) is 5.10 Å². The number of hydrogen-bond donors (Lipinski definition) is 1. The average Bonchev–Trinajstić information content (AvgIpc) is 3.16. The van der Waals surface area contributed by atoms with Crippen molar-refractivity contribution >= 4 is 15.9 Å². The zero-order chi connectivity index (χ0) is 19.6. The number of benzene rings is 2. The molecular formula is C19H20N4O3S. The second-order valence-electron chi connectivity index (χ2n) is 6.22. The molecule has 140 valence electrons. The molecule has 2 aromatic carbocycles. The van der Waals surface area contributed by atoms with Crippen LogP contribution in [0.3, 0.4) is 0 Å². The number of nitrogens with zero attached hydrogens (tertiary/aromatic N) is 3. The van der Waals surface area contributed by atoms with E-state index in [2.05, 4.69) is 5.10 Å². The lowest BCUT2D eigenvalue weighted by atomic mass is 10.1. The Bertz CT molecular complexity index is 1040. The van der Waals surface area contributed by atoms with Crippen LogP contribution in [0.4, 0.5) is 0 Å². The lowest BCUT2D eigenvalue weighted by Crippen LogP contribution is -2.29. The fraction of sp³-hybridized carbons (Fsp3) is 0.158. The van der Waals surface area contributed by atoms with E-state index in [0.29, 0.717) is 5.56 Å². The van der Waals surface area contributed by atoms with E-state index in [9.17, 15) is 13.2 Å². The smallest absolute Gasteiger partial charge is 0.257 e. The Morgan fingerprint density at radius 2 is 1.74 bits per heavy atom. The highest BCUT2D eigenvalue weighted by molar-refractivity contribution is 7.89. The Balaban J connectivity index is 1.78. The molecule has 1 heterocycles. The number of nitrogens with two attached hydrogens (primary N) is 1. The number of amides is 1. The van der Waals surface area contributed by atoms with Gasteiger partial charge in [0.15, 0.2) is 0 Å². The van der Waals surface area contributed by atoms with Crippen molar-refractivity contribution in [3.63, 3.8) is 0 Å². The van der Waals surface area contributed by atoms with Crippen molar-refractivity contribution in [3.05, 3.63) is 78.1 Å². The molecule has 7 nitrogen and oxygen atoms in total. The molecule has 0 aliphatic rings. The summed E-state index contributed by atoms with van der Waals surface area (Å²) >= 11 is 0. The van der Waals surface area contributed by atoms with Gasteiger partial charge in [0, 0.05) is 13.2 Å². The van der Waals surface area contributed by atoms with Crippen LogP contribution < -0.4 is 5.14 Å². The number of rotatable bonds is 5. The van der Waals surface area contributed by atoms with Crippen molar-refractivity contribution in [2.75, 3.05) is 7.05 Å². The fourth-order valence-electron chi connectivity index (χ4n) is 2.69. The maximum absolute atomic E-state index is 12.8. The third kappa shape index (κ3) is 4.07. The van der Waals surface area contributed by atoms with Crippen LogP contribution in [-0.2, 0) is 10.0 Å². The monoisotopic (exact) mass is 384 g/mol. The molecule has 1 aromatic heterocycles. The second kappa shape index (κ2) is 7.34. The van der Waals surface area contributed by atoms with Crippen molar-refractivity contribution in [1.29, 1.82) is 0 Å². The summed E-state index contributed by atoms with van der Waals surface area (Å²) in [6.45, 7) is 1.87. The minimum absolute atomic E-state index is 0.0385. The van der Waals surface area contributed by atoms with Crippen LogP contribution in [0, 0.1) is 0 Å². The number of aromatic nitrogens is 2. The number of primary sulfonamides is 1. The molecule has 0 aliphatic heterocycles. The summed E-state index contributed by atoms with van der Waals surface area (Å²) in [4.78, 5) is 14.4. The van der Waals surface area contributed by atoms with Gasteiger partial charge in [0.05, 0.1) is 28.4 Å². The summed E-state index contributed by atoms with van der Waals surface area (Å²) in [5, 5.41) is 9.36. The van der Waals surface area contributed by atoms with Gasteiger partial charge in [0.25, 0.3) is 5.91 Å². The van der Waals surface area contributed by atoms with Crippen molar-refractivity contribution in [2.24, 2.45) is 5.14 Å².